The number of rotatable bonds is 16. The quantitative estimate of drug-likeness (QED) is 0.0640. The maximum atomic E-state index is 11.6. The summed E-state index contributed by atoms with van der Waals surface area (Å²) in [5.41, 5.74) is 0. The molecule has 0 radical (unpaired) electrons. The summed E-state index contributed by atoms with van der Waals surface area (Å²) in [6, 6.07) is 0. The molecule has 1 aliphatic rings. The minimum Gasteiger partial charge on any atom is -0.463 e. The van der Waals surface area contributed by atoms with E-state index in [-0.39, 0.29) is 25.3 Å². The zero-order valence-electron chi connectivity index (χ0n) is 17.7. The van der Waals surface area contributed by atoms with E-state index in [4.69, 9.17) is 19.4 Å². The second-order valence-electron chi connectivity index (χ2n) is 7.05. The van der Waals surface area contributed by atoms with Gasteiger partial charge in [-0.1, -0.05) is 62.6 Å². The normalized spacial score (nSPS) is 23.1. The summed E-state index contributed by atoms with van der Waals surface area (Å²) in [4.78, 5) is 25.1. The zero-order chi connectivity index (χ0) is 22.1. The molecule has 1 fully saturated rings. The summed E-state index contributed by atoms with van der Waals surface area (Å²) in [7, 11) is -3.94. The van der Waals surface area contributed by atoms with Gasteiger partial charge in [0.25, 0.3) is 0 Å². The number of hydrogen-bond acceptors (Lipinski definition) is 7. The van der Waals surface area contributed by atoms with Crippen LogP contribution in [-0.4, -0.2) is 41.5 Å². The van der Waals surface area contributed by atoms with Crippen LogP contribution < -0.4 is 0 Å². The Kier molecular flexibility index (Phi) is 14.6. The Morgan fingerprint density at radius 1 is 1.17 bits per heavy atom. The molecule has 0 aromatic carbocycles. The summed E-state index contributed by atoms with van der Waals surface area (Å²) in [5.74, 6) is -0.330. The molecule has 1 heterocycles. The fourth-order valence-corrected chi connectivity index (χ4v) is 3.66. The lowest BCUT2D eigenvalue weighted by Crippen LogP contribution is -2.20. The van der Waals surface area contributed by atoms with Crippen molar-refractivity contribution in [3.63, 3.8) is 0 Å². The highest BCUT2D eigenvalue weighted by Crippen LogP contribution is 2.49. The minimum atomic E-state index is -3.94. The van der Waals surface area contributed by atoms with E-state index in [1.54, 1.807) is 0 Å². The van der Waals surface area contributed by atoms with Gasteiger partial charge in [0.05, 0.1) is 6.61 Å². The molecule has 0 aromatic heterocycles. The lowest BCUT2D eigenvalue weighted by atomic mass is 10.1. The van der Waals surface area contributed by atoms with Crippen LogP contribution >= 0.6 is 7.82 Å². The van der Waals surface area contributed by atoms with Gasteiger partial charge in [0.15, 0.2) is 0 Å². The fourth-order valence-electron chi connectivity index (χ4n) is 2.74. The van der Waals surface area contributed by atoms with Crippen molar-refractivity contribution in [1.82, 2.24) is 0 Å². The molecule has 30 heavy (non-hydrogen) atoms. The van der Waals surface area contributed by atoms with Gasteiger partial charge < -0.3 is 9.63 Å². The molecule has 1 aliphatic heterocycles. The molecule has 0 spiro atoms. The standard InChI is InChI=1S/C21H35O8P/c1-2-3-11-14-19(28-23)15-12-9-7-5-4-6-8-10-13-16-21(22)26-17-20-18-27-30(24,25)29-20/h3,7,9,11-12,15,19-20,23H,2,4-6,8,10,13-14,16-18H2,1H3,(H,24,25)/b9-7-,11-3-,15-12+. The van der Waals surface area contributed by atoms with Crippen LogP contribution in [0.15, 0.2) is 36.5 Å². The molecule has 3 atom stereocenters. The predicted molar refractivity (Wildman–Crippen MR) is 114 cm³/mol. The van der Waals surface area contributed by atoms with Crippen LogP contribution in [0.3, 0.4) is 0 Å². The summed E-state index contributed by atoms with van der Waals surface area (Å²) < 4.78 is 25.4. The number of hydrogen-bond donors (Lipinski definition) is 2. The van der Waals surface area contributed by atoms with E-state index in [9.17, 15) is 9.36 Å². The van der Waals surface area contributed by atoms with Gasteiger partial charge in [0.1, 0.15) is 18.8 Å². The summed E-state index contributed by atoms with van der Waals surface area (Å²) >= 11 is 0. The van der Waals surface area contributed by atoms with Crippen molar-refractivity contribution >= 4 is 13.8 Å². The van der Waals surface area contributed by atoms with Crippen LogP contribution in [0, 0.1) is 0 Å². The first-order valence-electron chi connectivity index (χ1n) is 10.6. The van der Waals surface area contributed by atoms with Gasteiger partial charge in [0.2, 0.25) is 0 Å². The zero-order valence-corrected chi connectivity index (χ0v) is 18.6. The smallest absolute Gasteiger partial charge is 0.463 e. The van der Waals surface area contributed by atoms with E-state index >= 15 is 0 Å². The van der Waals surface area contributed by atoms with E-state index < -0.39 is 13.9 Å². The highest BCUT2D eigenvalue weighted by molar-refractivity contribution is 7.47. The number of carbonyl (C=O) groups excluding carboxylic acids is 1. The fraction of sp³-hybridized carbons (Fsp3) is 0.667. The Labute approximate surface area is 179 Å². The number of ether oxygens (including phenoxy) is 1. The van der Waals surface area contributed by atoms with Crippen LogP contribution in [0.25, 0.3) is 0 Å². The molecule has 2 N–H and O–H groups in total. The molecule has 3 unspecified atom stereocenters. The lowest BCUT2D eigenvalue weighted by Gasteiger charge is -2.08. The number of carbonyl (C=O) groups is 1. The molecule has 1 rings (SSSR count). The summed E-state index contributed by atoms with van der Waals surface area (Å²) in [6.07, 6.45) is 18.6. The van der Waals surface area contributed by atoms with Crippen molar-refractivity contribution in [2.75, 3.05) is 13.2 Å². The van der Waals surface area contributed by atoms with Crippen molar-refractivity contribution in [2.24, 2.45) is 0 Å². The molecule has 172 valence electrons. The molecule has 0 aliphatic carbocycles. The van der Waals surface area contributed by atoms with Crippen LogP contribution in [0.4, 0.5) is 0 Å². The number of unbranched alkanes of at least 4 members (excludes halogenated alkanes) is 5. The Balaban J connectivity index is 1.95. The van der Waals surface area contributed by atoms with Crippen LogP contribution in [-0.2, 0) is 28.0 Å². The monoisotopic (exact) mass is 446 g/mol. The van der Waals surface area contributed by atoms with Crippen molar-refractivity contribution in [3.8, 4) is 0 Å². The molecule has 1 saturated heterocycles. The average molecular weight is 446 g/mol. The molecule has 0 aromatic rings. The molecule has 0 amide bonds. The highest BCUT2D eigenvalue weighted by Gasteiger charge is 2.35. The van der Waals surface area contributed by atoms with Crippen LogP contribution in [0.1, 0.15) is 64.7 Å². The molecular formula is C21H35O8P. The summed E-state index contributed by atoms with van der Waals surface area (Å²) in [6.45, 7) is 1.95. The van der Waals surface area contributed by atoms with Gasteiger partial charge in [-0.25, -0.2) is 9.45 Å². The van der Waals surface area contributed by atoms with Crippen LogP contribution in [0.2, 0.25) is 0 Å². The third-order valence-electron chi connectivity index (χ3n) is 4.37. The maximum absolute atomic E-state index is 11.6. The summed E-state index contributed by atoms with van der Waals surface area (Å²) in [5, 5.41) is 8.83. The first-order valence-corrected chi connectivity index (χ1v) is 12.1. The van der Waals surface area contributed by atoms with Gasteiger partial charge in [-0.05, 0) is 32.1 Å². The number of allylic oxidation sites excluding steroid dienone is 4. The van der Waals surface area contributed by atoms with E-state index in [1.807, 2.05) is 30.4 Å². The number of phosphoric acid groups is 1. The molecule has 0 saturated carbocycles. The largest absolute Gasteiger partial charge is 0.472 e. The lowest BCUT2D eigenvalue weighted by molar-refractivity contribution is -0.264. The topological polar surface area (TPSA) is 112 Å². The molecular weight excluding hydrogens is 411 g/mol. The van der Waals surface area contributed by atoms with Crippen molar-refractivity contribution < 1.29 is 38.2 Å². The van der Waals surface area contributed by atoms with Crippen molar-refractivity contribution in [2.45, 2.75) is 76.9 Å². The molecule has 8 nitrogen and oxygen atoms in total. The third-order valence-corrected chi connectivity index (χ3v) is 5.41. The second kappa shape index (κ2) is 16.4. The average Bonchev–Trinajstić information content (AvgIpc) is 3.07. The Morgan fingerprint density at radius 2 is 1.93 bits per heavy atom. The maximum Gasteiger partial charge on any atom is 0.472 e. The SMILES string of the molecule is CC/C=C\CC(/C=C/C=C\CCCCCCCC(=O)OCC1COP(=O)(O)O1)OO. The third kappa shape index (κ3) is 13.9. The van der Waals surface area contributed by atoms with Gasteiger partial charge in [0, 0.05) is 6.42 Å². The van der Waals surface area contributed by atoms with E-state index in [0.717, 1.165) is 44.9 Å². The second-order valence-corrected chi connectivity index (χ2v) is 8.46. The number of phosphoric ester groups is 1. The van der Waals surface area contributed by atoms with Gasteiger partial charge in [-0.2, -0.15) is 0 Å². The van der Waals surface area contributed by atoms with Crippen molar-refractivity contribution in [1.29, 1.82) is 0 Å². The van der Waals surface area contributed by atoms with Gasteiger partial charge in [-0.15, -0.1) is 0 Å². The minimum absolute atomic E-state index is 0.0443. The van der Waals surface area contributed by atoms with Crippen molar-refractivity contribution in [3.05, 3.63) is 36.5 Å². The van der Waals surface area contributed by atoms with E-state index in [0.29, 0.717) is 12.8 Å². The number of esters is 1. The molecule has 9 heteroatoms. The van der Waals surface area contributed by atoms with E-state index in [2.05, 4.69) is 22.4 Å². The van der Waals surface area contributed by atoms with Gasteiger partial charge in [-0.3, -0.25) is 19.1 Å². The Morgan fingerprint density at radius 3 is 2.63 bits per heavy atom. The first-order chi connectivity index (χ1) is 14.5. The first kappa shape index (κ1) is 26.8. The highest BCUT2D eigenvalue weighted by atomic mass is 31.2. The molecule has 0 bridgehead atoms. The predicted octanol–water partition coefficient (Wildman–Crippen LogP) is 5.10. The van der Waals surface area contributed by atoms with E-state index in [1.165, 1.54) is 0 Å². The Hall–Kier alpha value is -1.28. The van der Waals surface area contributed by atoms with Crippen LogP contribution in [0.5, 0.6) is 0 Å². The van der Waals surface area contributed by atoms with Gasteiger partial charge >= 0.3 is 13.8 Å². The Bertz CT molecular complexity index is 602.